The van der Waals surface area contributed by atoms with Crippen LogP contribution in [-0.4, -0.2) is 27.0 Å². The number of hydrogen-bond donors (Lipinski definition) is 1. The highest BCUT2D eigenvalue weighted by Crippen LogP contribution is 2.23. The Hall–Kier alpha value is -1.91. The van der Waals surface area contributed by atoms with Gasteiger partial charge in [0.25, 0.3) is 0 Å². The van der Waals surface area contributed by atoms with Crippen LogP contribution in [0.1, 0.15) is 30.9 Å². The topological polar surface area (TPSA) is 96.3 Å². The molecule has 0 bridgehead atoms. The van der Waals surface area contributed by atoms with E-state index in [1.807, 2.05) is 6.07 Å². The lowest BCUT2D eigenvalue weighted by atomic mass is 9.92. The minimum absolute atomic E-state index is 0.147. The van der Waals surface area contributed by atoms with Crippen molar-refractivity contribution in [2.45, 2.75) is 43.6 Å². The highest BCUT2D eigenvalue weighted by atomic mass is 32.2. The van der Waals surface area contributed by atoms with Gasteiger partial charge >= 0.3 is 5.97 Å². The molecule has 0 unspecified atom stereocenters. The third kappa shape index (κ3) is 4.06. The first-order valence-electron chi connectivity index (χ1n) is 7.13. The quantitative estimate of drug-likeness (QED) is 0.824. The summed E-state index contributed by atoms with van der Waals surface area (Å²) in [5.74, 6) is -0.782. The summed E-state index contributed by atoms with van der Waals surface area (Å²) in [5.41, 5.74) is 2.24. The van der Waals surface area contributed by atoms with Gasteiger partial charge in [0.15, 0.2) is 6.10 Å². The average Bonchev–Trinajstić information content (AvgIpc) is 2.52. The Balaban J connectivity index is 2.04. The lowest BCUT2D eigenvalue weighted by molar-refractivity contribution is -0.144. The third-order valence-electron chi connectivity index (χ3n) is 3.53. The Morgan fingerprint density at radius 3 is 2.73 bits per heavy atom. The van der Waals surface area contributed by atoms with Crippen LogP contribution in [0.25, 0.3) is 0 Å². The fourth-order valence-electron chi connectivity index (χ4n) is 2.38. The van der Waals surface area contributed by atoms with Crippen LogP contribution in [0.2, 0.25) is 0 Å². The van der Waals surface area contributed by atoms with Crippen LogP contribution in [0, 0.1) is 11.3 Å². The van der Waals surface area contributed by atoms with E-state index in [0.29, 0.717) is 0 Å². The molecule has 1 atom stereocenters. The normalized spacial score (nSPS) is 15.5. The molecule has 0 aromatic heterocycles. The Bertz CT molecular complexity index is 707. The van der Waals surface area contributed by atoms with Crippen molar-refractivity contribution in [2.24, 2.45) is 0 Å². The van der Waals surface area contributed by atoms with Gasteiger partial charge in [-0.3, -0.25) is 4.79 Å². The first-order valence-corrected chi connectivity index (χ1v) is 8.61. The molecule has 1 aliphatic carbocycles. The van der Waals surface area contributed by atoms with Crippen molar-refractivity contribution >= 4 is 16.0 Å². The van der Waals surface area contributed by atoms with E-state index < -0.39 is 28.6 Å². The van der Waals surface area contributed by atoms with Gasteiger partial charge in [-0.25, -0.2) is 8.42 Å². The minimum Gasteiger partial charge on any atom is -0.446 e. The van der Waals surface area contributed by atoms with Crippen LogP contribution in [0.15, 0.2) is 23.1 Å². The molecule has 0 heterocycles. The van der Waals surface area contributed by atoms with Gasteiger partial charge in [-0.15, -0.1) is 0 Å². The molecule has 1 N–H and O–H groups in total. The van der Waals surface area contributed by atoms with Gasteiger partial charge in [0.2, 0.25) is 10.0 Å². The first-order chi connectivity index (χ1) is 10.4. The van der Waals surface area contributed by atoms with E-state index in [-0.39, 0.29) is 4.90 Å². The van der Waals surface area contributed by atoms with Crippen molar-refractivity contribution < 1.29 is 17.9 Å². The van der Waals surface area contributed by atoms with Gasteiger partial charge < -0.3 is 4.74 Å². The zero-order valence-electron chi connectivity index (χ0n) is 12.3. The third-order valence-corrected chi connectivity index (χ3v) is 4.93. The van der Waals surface area contributed by atoms with E-state index in [0.717, 1.165) is 31.2 Å². The molecule has 0 saturated carbocycles. The number of nitrogens with one attached hydrogen (secondary N) is 1. The second kappa shape index (κ2) is 6.90. The number of sulfonamides is 1. The number of rotatable bonds is 5. The number of carbonyl (C=O) groups is 1. The number of nitrogens with zero attached hydrogens (tertiary/aromatic N) is 1. The SMILES string of the molecule is C[C@H](C#N)OC(=O)CNS(=O)(=O)c1ccc2c(c1)CCCC2. The highest BCUT2D eigenvalue weighted by molar-refractivity contribution is 7.89. The summed E-state index contributed by atoms with van der Waals surface area (Å²) in [6, 6.07) is 6.79. The van der Waals surface area contributed by atoms with Gasteiger partial charge in [0.05, 0.1) is 4.90 Å². The summed E-state index contributed by atoms with van der Waals surface area (Å²) in [6.45, 7) is 0.918. The fourth-order valence-corrected chi connectivity index (χ4v) is 3.40. The van der Waals surface area contributed by atoms with Crippen LogP contribution in [0.3, 0.4) is 0 Å². The summed E-state index contributed by atoms with van der Waals surface area (Å²) in [6.07, 6.45) is 3.13. The van der Waals surface area contributed by atoms with E-state index in [1.165, 1.54) is 12.5 Å². The number of aryl methyl sites for hydroxylation is 2. The summed E-state index contributed by atoms with van der Waals surface area (Å²) in [5, 5.41) is 8.54. The van der Waals surface area contributed by atoms with Crippen LogP contribution in [0.5, 0.6) is 0 Å². The second-order valence-electron chi connectivity index (χ2n) is 5.22. The van der Waals surface area contributed by atoms with Gasteiger partial charge in [-0.05, 0) is 55.9 Å². The first kappa shape index (κ1) is 16.5. The second-order valence-corrected chi connectivity index (χ2v) is 6.99. The predicted octanol–water partition coefficient (Wildman–Crippen LogP) is 1.30. The Kier molecular flexibility index (Phi) is 5.16. The monoisotopic (exact) mass is 322 g/mol. The molecule has 1 aromatic rings. The predicted molar refractivity (Wildman–Crippen MR) is 79.4 cm³/mol. The molecule has 1 aliphatic rings. The van der Waals surface area contributed by atoms with Crippen molar-refractivity contribution in [3.8, 4) is 6.07 Å². The largest absolute Gasteiger partial charge is 0.446 e. The molecular formula is C15H18N2O4S. The summed E-state index contributed by atoms with van der Waals surface area (Å²) in [7, 11) is -3.77. The van der Waals surface area contributed by atoms with Crippen LogP contribution >= 0.6 is 0 Å². The Morgan fingerprint density at radius 2 is 2.05 bits per heavy atom. The molecule has 0 fully saturated rings. The highest BCUT2D eigenvalue weighted by Gasteiger charge is 2.19. The molecule has 2 rings (SSSR count). The van der Waals surface area contributed by atoms with Gasteiger partial charge in [-0.2, -0.15) is 9.98 Å². The summed E-state index contributed by atoms with van der Waals surface area (Å²) < 4.78 is 31.3. The van der Waals surface area contributed by atoms with Gasteiger partial charge in [0, 0.05) is 0 Å². The van der Waals surface area contributed by atoms with Crippen LogP contribution in [-0.2, 0) is 32.4 Å². The van der Waals surface area contributed by atoms with Gasteiger partial charge in [0.1, 0.15) is 12.6 Å². The minimum atomic E-state index is -3.77. The van der Waals surface area contributed by atoms with E-state index in [1.54, 1.807) is 18.2 Å². The van der Waals surface area contributed by atoms with Crippen LogP contribution < -0.4 is 4.72 Å². The molecular weight excluding hydrogens is 304 g/mol. The number of fused-ring (bicyclic) bond motifs is 1. The number of carbonyl (C=O) groups excluding carboxylic acids is 1. The maximum Gasteiger partial charge on any atom is 0.322 e. The van der Waals surface area contributed by atoms with E-state index in [2.05, 4.69) is 4.72 Å². The molecule has 22 heavy (non-hydrogen) atoms. The zero-order chi connectivity index (χ0) is 16.2. The van der Waals surface area contributed by atoms with Crippen LogP contribution in [0.4, 0.5) is 0 Å². The maximum absolute atomic E-state index is 12.2. The molecule has 0 aliphatic heterocycles. The number of ether oxygens (including phenoxy) is 1. The lowest BCUT2D eigenvalue weighted by Crippen LogP contribution is -2.32. The van der Waals surface area contributed by atoms with Crippen molar-refractivity contribution in [3.63, 3.8) is 0 Å². The zero-order valence-corrected chi connectivity index (χ0v) is 13.1. The number of nitriles is 1. The molecule has 6 nitrogen and oxygen atoms in total. The van der Waals surface area contributed by atoms with Crippen molar-refractivity contribution in [1.29, 1.82) is 5.26 Å². The van der Waals surface area contributed by atoms with Gasteiger partial charge in [-0.1, -0.05) is 6.07 Å². The summed E-state index contributed by atoms with van der Waals surface area (Å²) in [4.78, 5) is 11.6. The molecule has 7 heteroatoms. The van der Waals surface area contributed by atoms with E-state index >= 15 is 0 Å². The lowest BCUT2D eigenvalue weighted by Gasteiger charge is -2.16. The van der Waals surface area contributed by atoms with E-state index in [9.17, 15) is 13.2 Å². The molecule has 0 amide bonds. The number of esters is 1. The number of hydrogen-bond acceptors (Lipinski definition) is 5. The maximum atomic E-state index is 12.2. The molecule has 0 saturated heterocycles. The van der Waals surface area contributed by atoms with Crippen molar-refractivity contribution in [1.82, 2.24) is 4.72 Å². The Morgan fingerprint density at radius 1 is 1.36 bits per heavy atom. The smallest absolute Gasteiger partial charge is 0.322 e. The molecule has 1 aromatic carbocycles. The van der Waals surface area contributed by atoms with Crippen molar-refractivity contribution in [2.75, 3.05) is 6.54 Å². The molecule has 0 radical (unpaired) electrons. The van der Waals surface area contributed by atoms with E-state index in [4.69, 9.17) is 10.00 Å². The molecule has 118 valence electrons. The standard InChI is InChI=1S/C15H18N2O4S/c1-11(9-16)21-15(18)10-17-22(19,20)14-7-6-12-4-2-3-5-13(12)8-14/h6-8,11,17H,2-5,10H2,1H3/t11-/m1/s1. The fraction of sp³-hybridized carbons (Fsp3) is 0.467. The Labute approximate surface area is 130 Å². The molecule has 0 spiro atoms. The number of benzene rings is 1. The van der Waals surface area contributed by atoms with Crippen molar-refractivity contribution in [3.05, 3.63) is 29.3 Å². The average molecular weight is 322 g/mol. The summed E-state index contributed by atoms with van der Waals surface area (Å²) >= 11 is 0.